The number of unbranched alkanes of at least 4 members (excludes halogenated alkanes) is 31. The Morgan fingerprint density at radius 2 is 0.609 bits per heavy atom. The van der Waals surface area contributed by atoms with Gasteiger partial charge in [0, 0.05) is 19.3 Å². The number of carbonyl (C=O) groups excluding carboxylic acids is 3. The van der Waals surface area contributed by atoms with E-state index < -0.39 is 6.10 Å². The molecule has 0 radical (unpaired) electrons. The van der Waals surface area contributed by atoms with Crippen molar-refractivity contribution in [1.29, 1.82) is 0 Å². The number of esters is 3. The average Bonchev–Trinajstić information content (AvgIpc) is 3.29. The zero-order valence-electron chi connectivity index (χ0n) is 42.6. The summed E-state index contributed by atoms with van der Waals surface area (Å²) in [5.41, 5.74) is 0. The Hall–Kier alpha value is -2.63. The van der Waals surface area contributed by atoms with E-state index in [4.69, 9.17) is 14.2 Å². The van der Waals surface area contributed by atoms with Crippen LogP contribution in [0, 0.1) is 0 Å². The van der Waals surface area contributed by atoms with Crippen molar-refractivity contribution in [2.24, 2.45) is 0 Å². The van der Waals surface area contributed by atoms with E-state index in [1.165, 1.54) is 154 Å². The molecule has 0 aromatic carbocycles. The van der Waals surface area contributed by atoms with Gasteiger partial charge in [-0.2, -0.15) is 0 Å². The maximum atomic E-state index is 12.8. The van der Waals surface area contributed by atoms with Crippen molar-refractivity contribution in [2.45, 2.75) is 290 Å². The highest BCUT2D eigenvalue weighted by atomic mass is 16.6. The summed E-state index contributed by atoms with van der Waals surface area (Å²) in [5, 5.41) is 0. The summed E-state index contributed by atoms with van der Waals surface area (Å²) in [6.45, 7) is 6.54. The number of carbonyl (C=O) groups is 3. The van der Waals surface area contributed by atoms with Crippen molar-refractivity contribution in [3.8, 4) is 0 Å². The van der Waals surface area contributed by atoms with Gasteiger partial charge in [0.2, 0.25) is 0 Å². The Morgan fingerprint density at radius 1 is 0.328 bits per heavy atom. The molecule has 0 aliphatic carbocycles. The molecule has 0 aliphatic rings. The lowest BCUT2D eigenvalue weighted by molar-refractivity contribution is -0.167. The second-order valence-electron chi connectivity index (χ2n) is 18.5. The summed E-state index contributed by atoms with van der Waals surface area (Å²) in [4.78, 5) is 38.1. The molecule has 1 atom stereocenters. The van der Waals surface area contributed by atoms with Crippen LogP contribution in [0.3, 0.4) is 0 Å². The van der Waals surface area contributed by atoms with Crippen molar-refractivity contribution in [2.75, 3.05) is 13.2 Å². The normalized spacial score (nSPS) is 12.4. The van der Waals surface area contributed by atoms with Crippen LogP contribution in [-0.2, 0) is 28.6 Å². The number of rotatable bonds is 50. The van der Waals surface area contributed by atoms with Crippen LogP contribution in [0.1, 0.15) is 284 Å². The van der Waals surface area contributed by atoms with E-state index >= 15 is 0 Å². The third-order valence-electron chi connectivity index (χ3n) is 12.1. The average molecular weight is 897 g/mol. The van der Waals surface area contributed by atoms with Gasteiger partial charge in [-0.15, -0.1) is 0 Å². The number of hydrogen-bond donors (Lipinski definition) is 0. The van der Waals surface area contributed by atoms with Gasteiger partial charge in [0.1, 0.15) is 13.2 Å². The smallest absolute Gasteiger partial charge is 0.306 e. The van der Waals surface area contributed by atoms with Gasteiger partial charge in [0.15, 0.2) is 6.10 Å². The summed E-state index contributed by atoms with van der Waals surface area (Å²) in [6, 6.07) is 0. The van der Waals surface area contributed by atoms with Crippen molar-refractivity contribution >= 4 is 17.9 Å². The standard InChI is InChI=1S/C58H104O6/c1-4-7-10-13-16-19-22-25-28-29-31-33-36-39-42-45-48-51-57(60)63-54-55(53-62-56(59)50-47-44-41-38-35-32-27-24-21-18-15-12-9-6-3)64-58(61)52-49-46-43-40-37-34-30-26-23-20-17-14-11-8-5-2/h7,10,16,19,25-26,28,30,55H,4-6,8-9,11-15,17-18,20-24,27,29,31-54H2,1-3H3/b10-7-,19-16-,28-25-,30-26-. The first kappa shape index (κ1) is 61.4. The van der Waals surface area contributed by atoms with Crippen LogP contribution < -0.4 is 0 Å². The van der Waals surface area contributed by atoms with Crippen molar-refractivity contribution in [3.05, 3.63) is 48.6 Å². The quantitative estimate of drug-likeness (QED) is 0.0262. The Morgan fingerprint density at radius 3 is 0.969 bits per heavy atom. The first-order valence-electron chi connectivity index (χ1n) is 27.6. The number of hydrogen-bond acceptors (Lipinski definition) is 6. The Kier molecular flexibility index (Phi) is 50.8. The second-order valence-corrected chi connectivity index (χ2v) is 18.5. The predicted molar refractivity (Wildman–Crippen MR) is 275 cm³/mol. The van der Waals surface area contributed by atoms with E-state index in [0.717, 1.165) is 89.9 Å². The monoisotopic (exact) mass is 897 g/mol. The molecule has 1 unspecified atom stereocenters. The van der Waals surface area contributed by atoms with E-state index in [0.29, 0.717) is 19.3 Å². The fourth-order valence-electron chi connectivity index (χ4n) is 7.92. The fourth-order valence-corrected chi connectivity index (χ4v) is 7.92. The Bertz CT molecular complexity index is 1120. The molecule has 0 bridgehead atoms. The first-order chi connectivity index (χ1) is 31.5. The van der Waals surface area contributed by atoms with E-state index in [2.05, 4.69) is 69.4 Å². The van der Waals surface area contributed by atoms with Gasteiger partial charge < -0.3 is 14.2 Å². The van der Waals surface area contributed by atoms with E-state index in [9.17, 15) is 14.4 Å². The lowest BCUT2D eigenvalue weighted by Gasteiger charge is -2.18. The van der Waals surface area contributed by atoms with Gasteiger partial charge in [-0.05, 0) is 77.0 Å². The molecule has 0 fully saturated rings. The fraction of sp³-hybridized carbons (Fsp3) is 0.810. The highest BCUT2D eigenvalue weighted by Gasteiger charge is 2.19. The van der Waals surface area contributed by atoms with Crippen LogP contribution in [-0.4, -0.2) is 37.2 Å². The summed E-state index contributed by atoms with van der Waals surface area (Å²) < 4.78 is 16.8. The molecular weight excluding hydrogens is 793 g/mol. The minimum atomic E-state index is -0.779. The largest absolute Gasteiger partial charge is 0.462 e. The minimum Gasteiger partial charge on any atom is -0.462 e. The van der Waals surface area contributed by atoms with E-state index in [-0.39, 0.29) is 31.1 Å². The summed E-state index contributed by atoms with van der Waals surface area (Å²) >= 11 is 0. The molecule has 0 saturated carbocycles. The Labute approximate surface area is 397 Å². The third kappa shape index (κ3) is 50.4. The molecule has 0 aliphatic heterocycles. The van der Waals surface area contributed by atoms with Crippen LogP contribution in [0.15, 0.2) is 48.6 Å². The van der Waals surface area contributed by atoms with Crippen LogP contribution in [0.5, 0.6) is 0 Å². The second kappa shape index (κ2) is 53.0. The van der Waals surface area contributed by atoms with Gasteiger partial charge >= 0.3 is 17.9 Å². The minimum absolute atomic E-state index is 0.0768. The molecule has 64 heavy (non-hydrogen) atoms. The first-order valence-corrected chi connectivity index (χ1v) is 27.6. The topological polar surface area (TPSA) is 78.9 Å². The number of allylic oxidation sites excluding steroid dienone is 8. The molecule has 0 N–H and O–H groups in total. The van der Waals surface area contributed by atoms with Gasteiger partial charge in [-0.1, -0.05) is 236 Å². The molecule has 0 aromatic heterocycles. The van der Waals surface area contributed by atoms with E-state index in [1.807, 2.05) is 0 Å². The zero-order chi connectivity index (χ0) is 46.5. The SMILES string of the molecule is CC/C=C\C/C=C\C/C=C\CCCCCCCCCC(=O)OCC(COC(=O)CCCCCCCCCCCCCCCC)OC(=O)CCCCCCC/C=C\CCCCCCCC. The molecule has 0 heterocycles. The summed E-state index contributed by atoms with van der Waals surface area (Å²) in [7, 11) is 0. The molecule has 6 heteroatoms. The van der Waals surface area contributed by atoms with Crippen molar-refractivity contribution in [3.63, 3.8) is 0 Å². The zero-order valence-corrected chi connectivity index (χ0v) is 42.6. The lowest BCUT2D eigenvalue weighted by atomic mass is 10.0. The van der Waals surface area contributed by atoms with Gasteiger partial charge in [0.05, 0.1) is 0 Å². The van der Waals surface area contributed by atoms with Crippen molar-refractivity contribution < 1.29 is 28.6 Å². The molecule has 0 aromatic rings. The maximum Gasteiger partial charge on any atom is 0.306 e. The van der Waals surface area contributed by atoms with E-state index in [1.54, 1.807) is 0 Å². The van der Waals surface area contributed by atoms with Crippen LogP contribution >= 0.6 is 0 Å². The lowest BCUT2D eigenvalue weighted by Crippen LogP contribution is -2.30. The van der Waals surface area contributed by atoms with Gasteiger partial charge in [-0.3, -0.25) is 14.4 Å². The summed E-state index contributed by atoms with van der Waals surface area (Å²) in [6.07, 6.45) is 63.8. The highest BCUT2D eigenvalue weighted by molar-refractivity contribution is 5.71. The Balaban J connectivity index is 4.38. The number of ether oxygens (including phenoxy) is 3. The van der Waals surface area contributed by atoms with Crippen LogP contribution in [0.4, 0.5) is 0 Å². The molecule has 0 spiro atoms. The van der Waals surface area contributed by atoms with Crippen LogP contribution in [0.25, 0.3) is 0 Å². The molecular formula is C58H104O6. The molecule has 0 amide bonds. The molecule has 372 valence electrons. The van der Waals surface area contributed by atoms with Gasteiger partial charge in [0.25, 0.3) is 0 Å². The molecule has 0 saturated heterocycles. The van der Waals surface area contributed by atoms with Gasteiger partial charge in [-0.25, -0.2) is 0 Å². The molecule has 6 nitrogen and oxygen atoms in total. The third-order valence-corrected chi connectivity index (χ3v) is 12.1. The van der Waals surface area contributed by atoms with Crippen LogP contribution in [0.2, 0.25) is 0 Å². The van der Waals surface area contributed by atoms with Crippen molar-refractivity contribution in [1.82, 2.24) is 0 Å². The molecule has 0 rings (SSSR count). The highest BCUT2D eigenvalue weighted by Crippen LogP contribution is 2.16. The summed E-state index contributed by atoms with van der Waals surface area (Å²) in [5.74, 6) is -0.883. The maximum absolute atomic E-state index is 12.8. The predicted octanol–water partition coefficient (Wildman–Crippen LogP) is 18.3.